The number of ether oxygens (including phenoxy) is 1. The maximum atomic E-state index is 12.2. The summed E-state index contributed by atoms with van der Waals surface area (Å²) in [6.07, 6.45) is 0.163. The van der Waals surface area contributed by atoms with E-state index in [2.05, 4.69) is 0 Å². The smallest absolute Gasteiger partial charge is 0.340 e. The lowest BCUT2D eigenvalue weighted by atomic mass is 9.98. The summed E-state index contributed by atoms with van der Waals surface area (Å²) >= 11 is 0. The molecule has 1 atom stereocenters. The minimum Gasteiger partial charge on any atom is -0.497 e. The Morgan fingerprint density at radius 2 is 1.58 bits per heavy atom. The zero-order valence-corrected chi connectivity index (χ0v) is 15.4. The van der Waals surface area contributed by atoms with Gasteiger partial charge in [0.2, 0.25) is 0 Å². The van der Waals surface area contributed by atoms with Gasteiger partial charge in [-0.1, -0.05) is 38.1 Å². The quantitative estimate of drug-likeness (QED) is 0.782. The van der Waals surface area contributed by atoms with Gasteiger partial charge in [0.05, 0.1) is 13.0 Å². The summed E-state index contributed by atoms with van der Waals surface area (Å²) in [6.45, 7) is 5.68. The van der Waals surface area contributed by atoms with E-state index in [0.29, 0.717) is 5.06 Å². The summed E-state index contributed by atoms with van der Waals surface area (Å²) in [5, 5.41) is 2.52. The van der Waals surface area contributed by atoms with Gasteiger partial charge in [-0.2, -0.15) is 0 Å². The summed E-state index contributed by atoms with van der Waals surface area (Å²) in [5.74, 6) is -1.43. The highest BCUT2D eigenvalue weighted by atomic mass is 16.7. The molecule has 0 aromatic heterocycles. The molecular weight excluding hydrogens is 334 g/mol. The normalized spacial score (nSPS) is 14.7. The van der Waals surface area contributed by atoms with Gasteiger partial charge in [0.15, 0.2) is 0 Å². The SMILES string of the molecule is CC.COc1ccc2cc([C@H](C)C(=O)ON3C(=O)CCC3=O)ccc2c1. The lowest BCUT2D eigenvalue weighted by molar-refractivity contribution is -0.198. The van der Waals surface area contributed by atoms with Crippen LogP contribution in [0.15, 0.2) is 36.4 Å². The average Bonchev–Trinajstić information content (AvgIpc) is 3.00. The molecule has 6 heteroatoms. The van der Waals surface area contributed by atoms with Crippen molar-refractivity contribution in [3.63, 3.8) is 0 Å². The van der Waals surface area contributed by atoms with Crippen molar-refractivity contribution in [1.82, 2.24) is 5.06 Å². The van der Waals surface area contributed by atoms with Crippen molar-refractivity contribution in [2.75, 3.05) is 7.11 Å². The first-order valence-corrected chi connectivity index (χ1v) is 8.65. The average molecular weight is 357 g/mol. The number of methoxy groups -OCH3 is 1. The third kappa shape index (κ3) is 4.02. The van der Waals surface area contributed by atoms with Crippen molar-refractivity contribution in [3.8, 4) is 5.75 Å². The van der Waals surface area contributed by atoms with Gasteiger partial charge in [0, 0.05) is 12.8 Å². The number of carbonyl (C=O) groups excluding carboxylic acids is 3. The van der Waals surface area contributed by atoms with E-state index in [1.54, 1.807) is 14.0 Å². The predicted molar refractivity (Wildman–Crippen MR) is 97.4 cm³/mol. The first-order valence-electron chi connectivity index (χ1n) is 8.65. The Balaban J connectivity index is 0.00000117. The molecule has 0 aliphatic carbocycles. The number of hydroxylamine groups is 2. The van der Waals surface area contributed by atoms with Crippen molar-refractivity contribution >= 4 is 28.6 Å². The van der Waals surface area contributed by atoms with E-state index in [1.807, 2.05) is 50.2 Å². The van der Waals surface area contributed by atoms with Gasteiger partial charge in [-0.3, -0.25) is 9.59 Å². The number of imide groups is 1. The number of carbonyl (C=O) groups is 3. The number of hydrogen-bond donors (Lipinski definition) is 0. The van der Waals surface area contributed by atoms with E-state index in [-0.39, 0.29) is 12.8 Å². The lowest BCUT2D eigenvalue weighted by Gasteiger charge is -2.17. The minimum absolute atomic E-state index is 0.0816. The molecule has 0 spiro atoms. The first-order chi connectivity index (χ1) is 12.5. The molecule has 1 fully saturated rings. The molecule has 0 saturated carbocycles. The lowest BCUT2D eigenvalue weighted by Crippen LogP contribution is -2.33. The highest BCUT2D eigenvalue weighted by Gasteiger charge is 2.34. The summed E-state index contributed by atoms with van der Waals surface area (Å²) in [4.78, 5) is 40.3. The number of benzene rings is 2. The Kier molecular flexibility index (Phi) is 6.33. The Labute approximate surface area is 152 Å². The third-order valence-corrected chi connectivity index (χ3v) is 4.11. The molecule has 3 rings (SSSR count). The van der Waals surface area contributed by atoms with E-state index in [0.717, 1.165) is 22.1 Å². The number of fused-ring (bicyclic) bond motifs is 1. The van der Waals surface area contributed by atoms with Crippen LogP contribution in [0.4, 0.5) is 0 Å². The van der Waals surface area contributed by atoms with E-state index in [9.17, 15) is 14.4 Å². The molecule has 2 amide bonds. The molecule has 0 radical (unpaired) electrons. The van der Waals surface area contributed by atoms with Crippen molar-refractivity contribution in [1.29, 1.82) is 0 Å². The Bertz CT molecular complexity index is 814. The first kappa shape index (κ1) is 19.4. The number of hydrogen-bond acceptors (Lipinski definition) is 5. The van der Waals surface area contributed by atoms with Gasteiger partial charge in [0.25, 0.3) is 11.8 Å². The number of amides is 2. The van der Waals surface area contributed by atoms with Gasteiger partial charge in [-0.05, 0) is 35.4 Å². The molecule has 1 aliphatic heterocycles. The molecule has 2 aromatic carbocycles. The fourth-order valence-electron chi connectivity index (χ4n) is 2.60. The van der Waals surface area contributed by atoms with Crippen LogP contribution in [0, 0.1) is 0 Å². The summed E-state index contributed by atoms with van der Waals surface area (Å²) in [6, 6.07) is 11.3. The second-order valence-electron chi connectivity index (χ2n) is 5.69. The second kappa shape index (κ2) is 8.47. The van der Waals surface area contributed by atoms with Crippen LogP contribution >= 0.6 is 0 Å². The van der Waals surface area contributed by atoms with Crippen LogP contribution in [0.1, 0.15) is 45.1 Å². The van der Waals surface area contributed by atoms with Crippen molar-refractivity contribution in [2.24, 2.45) is 0 Å². The number of rotatable bonds is 4. The van der Waals surface area contributed by atoms with Gasteiger partial charge in [0.1, 0.15) is 5.75 Å². The second-order valence-corrected chi connectivity index (χ2v) is 5.69. The molecule has 2 aromatic rings. The van der Waals surface area contributed by atoms with E-state index >= 15 is 0 Å². The zero-order chi connectivity index (χ0) is 19.3. The van der Waals surface area contributed by atoms with Crippen molar-refractivity contribution < 1.29 is 24.0 Å². The Hall–Kier alpha value is -2.89. The highest BCUT2D eigenvalue weighted by molar-refractivity contribution is 6.01. The van der Waals surface area contributed by atoms with Crippen LogP contribution in [0.25, 0.3) is 10.8 Å². The minimum atomic E-state index is -0.633. The Morgan fingerprint density at radius 3 is 2.19 bits per heavy atom. The maximum Gasteiger partial charge on any atom is 0.340 e. The monoisotopic (exact) mass is 357 g/mol. The molecule has 0 N–H and O–H groups in total. The summed E-state index contributed by atoms with van der Waals surface area (Å²) in [7, 11) is 1.61. The Morgan fingerprint density at radius 1 is 1.00 bits per heavy atom. The predicted octanol–water partition coefficient (Wildman–Crippen LogP) is 3.59. The van der Waals surface area contributed by atoms with Gasteiger partial charge >= 0.3 is 5.97 Å². The standard InChI is InChI=1S/C18H17NO5.C2H6/c1-11(18(22)24-19-16(20)7-8-17(19)21)12-3-4-14-10-15(23-2)6-5-13(14)9-12;1-2/h3-6,9-11H,7-8H2,1-2H3;1-2H3/t11-;/m0./s1. The maximum absolute atomic E-state index is 12.2. The van der Waals surface area contributed by atoms with E-state index in [1.165, 1.54) is 0 Å². The molecule has 6 nitrogen and oxygen atoms in total. The number of nitrogens with zero attached hydrogens (tertiary/aromatic N) is 1. The zero-order valence-electron chi connectivity index (χ0n) is 15.4. The molecule has 1 heterocycles. The van der Waals surface area contributed by atoms with Gasteiger partial charge < -0.3 is 9.57 Å². The van der Waals surface area contributed by atoms with Crippen LogP contribution in [0.2, 0.25) is 0 Å². The molecule has 26 heavy (non-hydrogen) atoms. The molecule has 0 bridgehead atoms. The summed E-state index contributed by atoms with van der Waals surface area (Å²) < 4.78 is 5.19. The van der Waals surface area contributed by atoms with Crippen LogP contribution in [-0.4, -0.2) is 30.0 Å². The topological polar surface area (TPSA) is 72.9 Å². The summed E-state index contributed by atoms with van der Waals surface area (Å²) in [5.41, 5.74) is 0.747. The van der Waals surface area contributed by atoms with E-state index < -0.39 is 23.7 Å². The van der Waals surface area contributed by atoms with E-state index in [4.69, 9.17) is 9.57 Å². The molecule has 0 unspecified atom stereocenters. The third-order valence-electron chi connectivity index (χ3n) is 4.11. The van der Waals surface area contributed by atoms with Crippen LogP contribution in [0.3, 0.4) is 0 Å². The van der Waals surface area contributed by atoms with Crippen LogP contribution in [0.5, 0.6) is 5.75 Å². The fraction of sp³-hybridized carbons (Fsp3) is 0.350. The fourth-order valence-corrected chi connectivity index (χ4v) is 2.60. The molecule has 138 valence electrons. The largest absolute Gasteiger partial charge is 0.497 e. The van der Waals surface area contributed by atoms with Crippen molar-refractivity contribution in [2.45, 2.75) is 39.5 Å². The highest BCUT2D eigenvalue weighted by Crippen LogP contribution is 2.26. The molecule has 1 aliphatic rings. The van der Waals surface area contributed by atoms with Gasteiger partial charge in [-0.15, -0.1) is 5.06 Å². The van der Waals surface area contributed by atoms with Crippen LogP contribution in [-0.2, 0) is 19.2 Å². The van der Waals surface area contributed by atoms with Gasteiger partial charge in [-0.25, -0.2) is 4.79 Å². The van der Waals surface area contributed by atoms with Crippen LogP contribution < -0.4 is 4.74 Å². The van der Waals surface area contributed by atoms with Crippen molar-refractivity contribution in [3.05, 3.63) is 42.0 Å². The molecular formula is C20H23NO5. The molecule has 1 saturated heterocycles.